The van der Waals surface area contributed by atoms with E-state index < -0.39 is 18.1 Å². The maximum atomic E-state index is 12.5. The van der Waals surface area contributed by atoms with E-state index in [1.807, 2.05) is 38.1 Å². The van der Waals surface area contributed by atoms with Crippen molar-refractivity contribution in [1.82, 2.24) is 4.90 Å². The van der Waals surface area contributed by atoms with Crippen molar-refractivity contribution < 1.29 is 14.7 Å². The third-order valence-corrected chi connectivity index (χ3v) is 3.86. The van der Waals surface area contributed by atoms with Crippen LogP contribution in [0.25, 0.3) is 0 Å². The standard InChI is InChI=1S/C16H22N2O3/c1-10(2)7-13(17)15(19)18-9-12-6-4-3-5-11(12)8-14(18)16(20)21/h3-6,10,13-14H,7-9,17H2,1-2H3,(H,20,21)/t13?,14-/m0/s1. The van der Waals surface area contributed by atoms with Crippen LogP contribution in [0.1, 0.15) is 31.4 Å². The highest BCUT2D eigenvalue weighted by Crippen LogP contribution is 2.24. The van der Waals surface area contributed by atoms with E-state index in [9.17, 15) is 14.7 Å². The van der Waals surface area contributed by atoms with Gasteiger partial charge in [-0.1, -0.05) is 38.1 Å². The number of rotatable bonds is 4. The number of nitrogens with zero attached hydrogens (tertiary/aromatic N) is 1. The molecule has 2 atom stereocenters. The number of aliphatic carboxylic acids is 1. The number of carboxylic acid groups (broad SMARTS) is 1. The smallest absolute Gasteiger partial charge is 0.326 e. The van der Waals surface area contributed by atoms with Crippen LogP contribution in [-0.2, 0) is 22.6 Å². The van der Waals surface area contributed by atoms with Gasteiger partial charge >= 0.3 is 5.97 Å². The average molecular weight is 290 g/mol. The Balaban J connectivity index is 2.24. The lowest BCUT2D eigenvalue weighted by Crippen LogP contribution is -2.54. The van der Waals surface area contributed by atoms with Gasteiger partial charge in [0.15, 0.2) is 0 Å². The lowest BCUT2D eigenvalue weighted by atomic mass is 9.92. The first kappa shape index (κ1) is 15.5. The van der Waals surface area contributed by atoms with Crippen molar-refractivity contribution in [2.24, 2.45) is 11.7 Å². The Morgan fingerprint density at radius 1 is 1.33 bits per heavy atom. The monoisotopic (exact) mass is 290 g/mol. The van der Waals surface area contributed by atoms with Gasteiger partial charge in [-0.25, -0.2) is 4.79 Å². The van der Waals surface area contributed by atoms with Gasteiger partial charge in [0.05, 0.1) is 6.04 Å². The summed E-state index contributed by atoms with van der Waals surface area (Å²) in [5.74, 6) is -0.954. The van der Waals surface area contributed by atoms with Crippen LogP contribution >= 0.6 is 0 Å². The van der Waals surface area contributed by atoms with Crippen molar-refractivity contribution in [2.75, 3.05) is 0 Å². The Bertz CT molecular complexity index is 542. The van der Waals surface area contributed by atoms with E-state index in [0.29, 0.717) is 25.3 Å². The largest absolute Gasteiger partial charge is 0.480 e. The number of fused-ring (bicyclic) bond motifs is 1. The molecule has 5 heteroatoms. The van der Waals surface area contributed by atoms with Crippen molar-refractivity contribution in [3.63, 3.8) is 0 Å². The molecule has 3 N–H and O–H groups in total. The minimum Gasteiger partial charge on any atom is -0.480 e. The van der Waals surface area contributed by atoms with Gasteiger partial charge < -0.3 is 15.7 Å². The molecule has 1 unspecified atom stereocenters. The molecule has 1 aliphatic rings. The lowest BCUT2D eigenvalue weighted by Gasteiger charge is -2.36. The Labute approximate surface area is 124 Å². The number of carbonyl (C=O) groups excluding carboxylic acids is 1. The molecule has 1 aromatic rings. The maximum Gasteiger partial charge on any atom is 0.326 e. The highest BCUT2D eigenvalue weighted by Gasteiger charge is 2.36. The Kier molecular flexibility index (Phi) is 4.63. The van der Waals surface area contributed by atoms with Crippen LogP contribution in [0, 0.1) is 5.92 Å². The van der Waals surface area contributed by atoms with Gasteiger partial charge in [0.2, 0.25) is 5.91 Å². The second kappa shape index (κ2) is 6.26. The van der Waals surface area contributed by atoms with Crippen molar-refractivity contribution in [3.05, 3.63) is 35.4 Å². The van der Waals surface area contributed by atoms with E-state index in [2.05, 4.69) is 0 Å². The summed E-state index contributed by atoms with van der Waals surface area (Å²) in [4.78, 5) is 25.4. The summed E-state index contributed by atoms with van der Waals surface area (Å²) in [5.41, 5.74) is 7.94. The number of carbonyl (C=O) groups is 2. The molecule has 2 rings (SSSR count). The Morgan fingerprint density at radius 2 is 1.95 bits per heavy atom. The number of carboxylic acids is 1. The first-order valence-electron chi connectivity index (χ1n) is 7.25. The summed E-state index contributed by atoms with van der Waals surface area (Å²) < 4.78 is 0. The molecule has 0 radical (unpaired) electrons. The highest BCUT2D eigenvalue weighted by atomic mass is 16.4. The molecule has 0 saturated carbocycles. The number of nitrogens with two attached hydrogens (primary N) is 1. The molecule has 0 saturated heterocycles. The third kappa shape index (κ3) is 3.42. The van der Waals surface area contributed by atoms with Crippen LogP contribution in [0.3, 0.4) is 0 Å². The molecular weight excluding hydrogens is 268 g/mol. The van der Waals surface area contributed by atoms with Crippen molar-refractivity contribution in [3.8, 4) is 0 Å². The lowest BCUT2D eigenvalue weighted by molar-refractivity contribution is -0.152. The second-order valence-corrected chi connectivity index (χ2v) is 6.03. The van der Waals surface area contributed by atoms with Crippen LogP contribution in [-0.4, -0.2) is 34.0 Å². The Hall–Kier alpha value is -1.88. The SMILES string of the molecule is CC(C)CC(N)C(=O)N1Cc2ccccc2C[C@H]1C(=O)O. The Morgan fingerprint density at radius 3 is 2.52 bits per heavy atom. The number of hydrogen-bond donors (Lipinski definition) is 2. The molecule has 114 valence electrons. The molecular formula is C16H22N2O3. The summed E-state index contributed by atoms with van der Waals surface area (Å²) in [6.45, 7) is 4.30. The number of amides is 1. The zero-order valence-corrected chi connectivity index (χ0v) is 12.5. The molecule has 0 bridgehead atoms. The number of benzene rings is 1. The molecule has 1 aliphatic heterocycles. The van der Waals surface area contributed by atoms with Gasteiger partial charge in [0, 0.05) is 13.0 Å². The molecule has 0 aliphatic carbocycles. The predicted molar refractivity (Wildman–Crippen MR) is 79.6 cm³/mol. The minimum atomic E-state index is -0.977. The fourth-order valence-corrected chi connectivity index (χ4v) is 2.80. The van der Waals surface area contributed by atoms with Gasteiger partial charge in [0.1, 0.15) is 6.04 Å². The van der Waals surface area contributed by atoms with Gasteiger partial charge in [0.25, 0.3) is 0 Å². The molecule has 1 amide bonds. The van der Waals surface area contributed by atoms with Gasteiger partial charge in [-0.3, -0.25) is 4.79 Å². The van der Waals surface area contributed by atoms with Gasteiger partial charge in [-0.2, -0.15) is 0 Å². The van der Waals surface area contributed by atoms with Crippen LogP contribution in [0.15, 0.2) is 24.3 Å². The van der Waals surface area contributed by atoms with Gasteiger partial charge in [-0.15, -0.1) is 0 Å². The second-order valence-electron chi connectivity index (χ2n) is 6.03. The van der Waals surface area contributed by atoms with E-state index >= 15 is 0 Å². The van der Waals surface area contributed by atoms with Crippen molar-refractivity contribution in [1.29, 1.82) is 0 Å². The van der Waals surface area contributed by atoms with Crippen LogP contribution in [0.5, 0.6) is 0 Å². The van der Waals surface area contributed by atoms with Crippen molar-refractivity contribution >= 4 is 11.9 Å². The zero-order valence-electron chi connectivity index (χ0n) is 12.5. The molecule has 1 heterocycles. The van der Waals surface area contributed by atoms with Crippen LogP contribution in [0.4, 0.5) is 0 Å². The molecule has 0 aromatic heterocycles. The van der Waals surface area contributed by atoms with Gasteiger partial charge in [-0.05, 0) is 23.5 Å². The predicted octanol–water partition coefficient (Wildman–Crippen LogP) is 1.40. The first-order valence-corrected chi connectivity index (χ1v) is 7.25. The van der Waals surface area contributed by atoms with E-state index in [4.69, 9.17) is 5.73 Å². The summed E-state index contributed by atoms with van der Waals surface area (Å²) in [6, 6.07) is 6.17. The highest BCUT2D eigenvalue weighted by molar-refractivity contribution is 5.87. The summed E-state index contributed by atoms with van der Waals surface area (Å²) in [5, 5.41) is 9.41. The fourth-order valence-electron chi connectivity index (χ4n) is 2.80. The quantitative estimate of drug-likeness (QED) is 0.878. The summed E-state index contributed by atoms with van der Waals surface area (Å²) >= 11 is 0. The molecule has 0 fully saturated rings. The van der Waals surface area contributed by atoms with Crippen LogP contribution < -0.4 is 5.73 Å². The maximum absolute atomic E-state index is 12.5. The minimum absolute atomic E-state index is 0.273. The summed E-state index contributed by atoms with van der Waals surface area (Å²) in [6.07, 6.45) is 0.898. The summed E-state index contributed by atoms with van der Waals surface area (Å²) in [7, 11) is 0. The van der Waals surface area contributed by atoms with Crippen molar-refractivity contribution in [2.45, 2.75) is 45.3 Å². The normalized spacial score (nSPS) is 19.2. The topological polar surface area (TPSA) is 83.6 Å². The molecule has 1 aromatic carbocycles. The first-order chi connectivity index (χ1) is 9.90. The fraction of sp³-hybridized carbons (Fsp3) is 0.500. The number of hydrogen-bond acceptors (Lipinski definition) is 3. The van der Waals surface area contributed by atoms with E-state index in [0.717, 1.165) is 11.1 Å². The van der Waals surface area contributed by atoms with E-state index in [1.165, 1.54) is 4.90 Å². The van der Waals surface area contributed by atoms with Crippen LogP contribution in [0.2, 0.25) is 0 Å². The van der Waals surface area contributed by atoms with E-state index in [-0.39, 0.29) is 5.91 Å². The zero-order chi connectivity index (χ0) is 15.6. The van der Waals surface area contributed by atoms with E-state index in [1.54, 1.807) is 0 Å². The molecule has 0 spiro atoms. The molecule has 21 heavy (non-hydrogen) atoms. The molecule has 5 nitrogen and oxygen atoms in total. The average Bonchev–Trinajstić information content (AvgIpc) is 2.44. The third-order valence-electron chi connectivity index (χ3n) is 3.86.